The zero-order valence-corrected chi connectivity index (χ0v) is 5.56. The Kier molecular flexibility index (Phi) is 6.78. The van der Waals surface area contributed by atoms with Crippen molar-refractivity contribution in [3.05, 3.63) is 0 Å². The largest absolute Gasteiger partial charge is 0.394 e. The minimum absolute atomic E-state index is 0.0676. The summed E-state index contributed by atoms with van der Waals surface area (Å²) < 4.78 is 0. The number of hydrogen-bond donors (Lipinski definition) is 3. The predicted molar refractivity (Wildman–Crippen MR) is 32.1 cm³/mol. The van der Waals surface area contributed by atoms with Crippen LogP contribution in [0.2, 0.25) is 0 Å². The summed E-state index contributed by atoms with van der Waals surface area (Å²) in [6.45, 7) is -0.508. The number of aliphatic hydroxyl groups is 3. The van der Waals surface area contributed by atoms with E-state index in [2.05, 4.69) is 9.78 Å². The van der Waals surface area contributed by atoms with Crippen LogP contribution in [0.25, 0.3) is 0 Å². The Morgan fingerprint density at radius 2 is 1.90 bits per heavy atom. The van der Waals surface area contributed by atoms with Crippen molar-refractivity contribution in [3.63, 3.8) is 0 Å². The van der Waals surface area contributed by atoms with Gasteiger partial charge in [0.05, 0.1) is 13.2 Å². The molecule has 0 heterocycles. The molecule has 0 aliphatic carbocycles. The van der Waals surface area contributed by atoms with E-state index in [0.29, 0.717) is 0 Å². The maximum absolute atomic E-state index is 8.64. The van der Waals surface area contributed by atoms with Crippen LogP contribution in [0.15, 0.2) is 0 Å². The lowest BCUT2D eigenvalue weighted by Crippen LogP contribution is -2.19. The molecule has 0 radical (unpaired) electrons. The van der Waals surface area contributed by atoms with Gasteiger partial charge in [0, 0.05) is 0 Å². The van der Waals surface area contributed by atoms with Gasteiger partial charge in [-0.05, 0) is 0 Å². The minimum Gasteiger partial charge on any atom is -0.394 e. The molecule has 0 aliphatic heterocycles. The van der Waals surface area contributed by atoms with Gasteiger partial charge in [-0.25, -0.2) is 9.78 Å². The van der Waals surface area contributed by atoms with Crippen LogP contribution in [0.1, 0.15) is 0 Å². The van der Waals surface area contributed by atoms with Crippen LogP contribution in [-0.2, 0) is 9.78 Å². The molecule has 3 N–H and O–H groups in total. The molecule has 0 aromatic carbocycles. The van der Waals surface area contributed by atoms with Crippen molar-refractivity contribution in [2.24, 2.45) is 0 Å². The first-order valence-corrected chi connectivity index (χ1v) is 2.95. The molecule has 0 saturated heterocycles. The van der Waals surface area contributed by atoms with Crippen LogP contribution in [0, 0.1) is 0 Å². The molecule has 0 amide bonds. The summed E-state index contributed by atoms with van der Waals surface area (Å²) in [7, 11) is 0. The summed E-state index contributed by atoms with van der Waals surface area (Å²) in [5.41, 5.74) is 0. The molecule has 10 heavy (non-hydrogen) atoms. The highest BCUT2D eigenvalue weighted by molar-refractivity contribution is 4.45. The van der Waals surface area contributed by atoms with Crippen LogP contribution in [0.5, 0.6) is 0 Å². The Morgan fingerprint density at radius 3 is 2.40 bits per heavy atom. The summed E-state index contributed by atoms with van der Waals surface area (Å²) >= 11 is 0. The molecule has 0 aromatic rings. The van der Waals surface area contributed by atoms with E-state index in [-0.39, 0.29) is 26.4 Å². The maximum Gasteiger partial charge on any atom is 0.110 e. The molecule has 0 aromatic heterocycles. The third kappa shape index (κ3) is 5.93. The summed E-state index contributed by atoms with van der Waals surface area (Å²) in [6.07, 6.45) is -0.918. The van der Waals surface area contributed by atoms with Crippen molar-refractivity contribution in [2.75, 3.05) is 26.4 Å². The van der Waals surface area contributed by atoms with Crippen LogP contribution in [-0.4, -0.2) is 47.9 Å². The molecule has 0 spiro atoms. The van der Waals surface area contributed by atoms with Crippen LogP contribution < -0.4 is 0 Å². The molecule has 0 bridgehead atoms. The lowest BCUT2D eigenvalue weighted by molar-refractivity contribution is -0.309. The fourth-order valence-corrected chi connectivity index (χ4v) is 0.276. The zero-order valence-electron chi connectivity index (χ0n) is 5.56. The monoisotopic (exact) mass is 152 g/mol. The van der Waals surface area contributed by atoms with Crippen LogP contribution in [0.3, 0.4) is 0 Å². The van der Waals surface area contributed by atoms with Gasteiger partial charge in [0.1, 0.15) is 19.3 Å². The second kappa shape index (κ2) is 6.91. The minimum atomic E-state index is -0.918. The summed E-state index contributed by atoms with van der Waals surface area (Å²) in [6, 6.07) is 0. The third-order valence-corrected chi connectivity index (χ3v) is 0.729. The van der Waals surface area contributed by atoms with Gasteiger partial charge in [-0.2, -0.15) is 0 Å². The third-order valence-electron chi connectivity index (χ3n) is 0.729. The van der Waals surface area contributed by atoms with Gasteiger partial charge in [-0.1, -0.05) is 0 Å². The van der Waals surface area contributed by atoms with Crippen molar-refractivity contribution in [2.45, 2.75) is 6.10 Å². The molecular weight excluding hydrogens is 140 g/mol. The zero-order chi connectivity index (χ0) is 7.82. The Labute approximate surface area is 58.7 Å². The Balaban J connectivity index is 2.89. The van der Waals surface area contributed by atoms with E-state index in [1.165, 1.54) is 0 Å². The van der Waals surface area contributed by atoms with E-state index in [9.17, 15) is 0 Å². The van der Waals surface area contributed by atoms with Crippen LogP contribution >= 0.6 is 0 Å². The summed E-state index contributed by atoms with van der Waals surface area (Å²) in [5.74, 6) is 0. The van der Waals surface area contributed by atoms with Gasteiger partial charge >= 0.3 is 0 Å². The summed E-state index contributed by atoms with van der Waals surface area (Å²) in [5, 5.41) is 25.1. The van der Waals surface area contributed by atoms with Crippen molar-refractivity contribution < 1.29 is 25.1 Å². The number of hydrogen-bond acceptors (Lipinski definition) is 5. The van der Waals surface area contributed by atoms with E-state index < -0.39 is 6.10 Å². The Hall–Kier alpha value is -0.200. The first-order valence-electron chi connectivity index (χ1n) is 2.95. The molecule has 0 rings (SSSR count). The maximum atomic E-state index is 8.64. The van der Waals surface area contributed by atoms with Crippen LogP contribution in [0.4, 0.5) is 0 Å². The molecule has 5 nitrogen and oxygen atoms in total. The second-order valence-corrected chi connectivity index (χ2v) is 1.67. The second-order valence-electron chi connectivity index (χ2n) is 1.67. The predicted octanol–water partition coefficient (Wildman–Crippen LogP) is -1.72. The first kappa shape index (κ1) is 9.80. The fraction of sp³-hybridized carbons (Fsp3) is 1.00. The molecule has 1 atom stereocenters. The normalized spacial score (nSPS) is 13.5. The highest BCUT2D eigenvalue weighted by atomic mass is 17.2. The molecular formula is C5H12O5. The van der Waals surface area contributed by atoms with E-state index in [0.717, 1.165) is 0 Å². The van der Waals surface area contributed by atoms with E-state index in [1.54, 1.807) is 0 Å². The topological polar surface area (TPSA) is 79.2 Å². The molecule has 1 unspecified atom stereocenters. The number of aliphatic hydroxyl groups excluding tert-OH is 3. The highest BCUT2D eigenvalue weighted by Crippen LogP contribution is 1.84. The van der Waals surface area contributed by atoms with E-state index >= 15 is 0 Å². The average Bonchev–Trinajstić information content (AvgIpc) is 1.98. The van der Waals surface area contributed by atoms with Gasteiger partial charge in [0.25, 0.3) is 0 Å². The van der Waals surface area contributed by atoms with Gasteiger partial charge < -0.3 is 15.3 Å². The van der Waals surface area contributed by atoms with Crippen molar-refractivity contribution >= 4 is 0 Å². The SMILES string of the molecule is OCCOOCC(O)CO. The summed E-state index contributed by atoms with van der Waals surface area (Å²) in [4.78, 5) is 8.69. The lowest BCUT2D eigenvalue weighted by Gasteiger charge is -2.05. The van der Waals surface area contributed by atoms with Crippen molar-refractivity contribution in [3.8, 4) is 0 Å². The highest BCUT2D eigenvalue weighted by Gasteiger charge is 2.00. The van der Waals surface area contributed by atoms with Gasteiger partial charge in [0.2, 0.25) is 0 Å². The van der Waals surface area contributed by atoms with Crippen molar-refractivity contribution in [1.29, 1.82) is 0 Å². The molecule has 0 aliphatic rings. The smallest absolute Gasteiger partial charge is 0.110 e. The molecule has 0 fully saturated rings. The first-order chi connectivity index (χ1) is 4.81. The standard InChI is InChI=1S/C5H12O5/c6-1-2-9-10-4-5(8)3-7/h5-8H,1-4H2. The van der Waals surface area contributed by atoms with E-state index in [1.807, 2.05) is 0 Å². The number of rotatable bonds is 6. The van der Waals surface area contributed by atoms with E-state index in [4.69, 9.17) is 15.3 Å². The quantitative estimate of drug-likeness (QED) is 0.240. The Morgan fingerprint density at radius 1 is 1.20 bits per heavy atom. The lowest BCUT2D eigenvalue weighted by atomic mass is 10.4. The van der Waals surface area contributed by atoms with Gasteiger partial charge in [-0.15, -0.1) is 0 Å². The molecule has 0 saturated carbocycles. The fourth-order valence-electron chi connectivity index (χ4n) is 0.276. The Bertz CT molecular complexity index is 67.1. The van der Waals surface area contributed by atoms with Gasteiger partial charge in [-0.3, -0.25) is 0 Å². The molecule has 5 heteroatoms. The van der Waals surface area contributed by atoms with Gasteiger partial charge in [0.15, 0.2) is 0 Å². The van der Waals surface area contributed by atoms with Crippen molar-refractivity contribution in [1.82, 2.24) is 0 Å². The molecule has 62 valence electrons. The average molecular weight is 152 g/mol.